The van der Waals surface area contributed by atoms with Crippen LogP contribution < -0.4 is 5.43 Å². The molecule has 0 radical (unpaired) electrons. The fourth-order valence-corrected chi connectivity index (χ4v) is 3.05. The molecule has 0 aliphatic heterocycles. The van der Waals surface area contributed by atoms with Crippen molar-refractivity contribution in [2.45, 2.75) is 26.7 Å². The lowest BCUT2D eigenvalue weighted by molar-refractivity contribution is 0.0954. The zero-order valence-corrected chi connectivity index (χ0v) is 15.3. The van der Waals surface area contributed by atoms with Gasteiger partial charge < -0.3 is 0 Å². The first-order valence-corrected chi connectivity index (χ1v) is 8.89. The number of rotatable bonds is 4. The van der Waals surface area contributed by atoms with Crippen molar-refractivity contribution in [3.05, 3.63) is 84.0 Å². The van der Waals surface area contributed by atoms with Crippen LogP contribution in [-0.2, 0) is 0 Å². The van der Waals surface area contributed by atoms with E-state index in [-0.39, 0.29) is 5.91 Å². The molecule has 0 heterocycles. The van der Waals surface area contributed by atoms with E-state index < -0.39 is 0 Å². The van der Waals surface area contributed by atoms with E-state index in [0.717, 1.165) is 40.8 Å². The molecule has 26 heavy (non-hydrogen) atoms. The normalized spacial score (nSPS) is 18.3. The second-order valence-electron chi connectivity index (χ2n) is 6.81. The van der Waals surface area contributed by atoms with E-state index in [1.165, 1.54) is 0 Å². The largest absolute Gasteiger partial charge is 0.271 e. The van der Waals surface area contributed by atoms with Crippen molar-refractivity contribution in [1.29, 1.82) is 0 Å². The summed E-state index contributed by atoms with van der Waals surface area (Å²) in [7, 11) is 0. The van der Waals surface area contributed by atoms with Crippen molar-refractivity contribution in [3.63, 3.8) is 0 Å². The second kappa shape index (κ2) is 7.96. The maximum absolute atomic E-state index is 12.4. The van der Waals surface area contributed by atoms with Crippen molar-refractivity contribution in [2.24, 2.45) is 11.0 Å². The number of allylic oxidation sites excluding steroid dienone is 3. The SMILES string of the molecule is C=C(C)[C@H]1CC=C(C)C(=NNC(=O)c2ccc(-c3ccccc3)cc2)C1. The second-order valence-corrected chi connectivity index (χ2v) is 6.81. The molecule has 0 saturated heterocycles. The van der Waals surface area contributed by atoms with Gasteiger partial charge >= 0.3 is 0 Å². The van der Waals surface area contributed by atoms with Crippen LogP contribution in [0.3, 0.4) is 0 Å². The van der Waals surface area contributed by atoms with Crippen molar-refractivity contribution in [3.8, 4) is 11.1 Å². The van der Waals surface area contributed by atoms with Crippen molar-refractivity contribution in [1.82, 2.24) is 5.43 Å². The summed E-state index contributed by atoms with van der Waals surface area (Å²) in [5.74, 6) is 0.210. The first kappa shape index (κ1) is 17.9. The van der Waals surface area contributed by atoms with Gasteiger partial charge in [-0.05, 0) is 61.4 Å². The molecule has 1 aliphatic rings. The number of hydrazone groups is 1. The summed E-state index contributed by atoms with van der Waals surface area (Å²) in [5.41, 5.74) is 8.73. The summed E-state index contributed by atoms with van der Waals surface area (Å²) in [6, 6.07) is 17.7. The molecule has 0 spiro atoms. The molecule has 1 amide bonds. The lowest BCUT2D eigenvalue weighted by Crippen LogP contribution is -2.23. The van der Waals surface area contributed by atoms with Gasteiger partial charge in [0, 0.05) is 5.56 Å². The maximum atomic E-state index is 12.4. The number of carbonyl (C=O) groups is 1. The molecule has 0 aromatic heterocycles. The minimum Gasteiger partial charge on any atom is -0.267 e. The quantitative estimate of drug-likeness (QED) is 0.588. The average Bonchev–Trinajstić information content (AvgIpc) is 2.67. The van der Waals surface area contributed by atoms with Gasteiger partial charge in [-0.25, -0.2) is 5.43 Å². The molecule has 3 nitrogen and oxygen atoms in total. The van der Waals surface area contributed by atoms with Crippen LogP contribution in [0.5, 0.6) is 0 Å². The van der Waals surface area contributed by atoms with E-state index in [9.17, 15) is 4.79 Å². The Morgan fingerprint density at radius 2 is 1.73 bits per heavy atom. The molecule has 2 aromatic carbocycles. The molecule has 3 heteroatoms. The predicted molar refractivity (Wildman–Crippen MR) is 108 cm³/mol. The zero-order valence-electron chi connectivity index (χ0n) is 15.3. The first-order chi connectivity index (χ1) is 12.5. The van der Waals surface area contributed by atoms with Crippen LogP contribution in [0.1, 0.15) is 37.0 Å². The Hall–Kier alpha value is -2.94. The Kier molecular flexibility index (Phi) is 5.47. The van der Waals surface area contributed by atoms with Crippen LogP contribution >= 0.6 is 0 Å². The van der Waals surface area contributed by atoms with Crippen LogP contribution in [0.4, 0.5) is 0 Å². The highest BCUT2D eigenvalue weighted by Gasteiger charge is 2.19. The fourth-order valence-electron chi connectivity index (χ4n) is 3.05. The maximum Gasteiger partial charge on any atom is 0.271 e. The molecule has 1 atom stereocenters. The summed E-state index contributed by atoms with van der Waals surface area (Å²) in [5, 5.41) is 4.36. The number of hydrogen-bond acceptors (Lipinski definition) is 2. The monoisotopic (exact) mass is 344 g/mol. The van der Waals surface area contributed by atoms with Gasteiger partial charge in [-0.3, -0.25) is 4.79 Å². The standard InChI is InChI=1S/C23H24N2O/c1-16(2)21-10-9-17(3)22(15-21)24-25-23(26)20-13-11-19(12-14-20)18-7-5-4-6-8-18/h4-9,11-14,21H,1,10,15H2,2-3H3,(H,25,26)/t21-/m0/s1. The van der Waals surface area contributed by atoms with Crippen LogP contribution in [0, 0.1) is 5.92 Å². The Morgan fingerprint density at radius 1 is 1.08 bits per heavy atom. The number of carbonyl (C=O) groups excluding carboxylic acids is 1. The van der Waals surface area contributed by atoms with E-state index in [1.54, 1.807) is 0 Å². The summed E-state index contributed by atoms with van der Waals surface area (Å²) in [6.07, 6.45) is 3.99. The Bertz CT molecular complexity index is 861. The molecule has 3 rings (SSSR count). The lowest BCUT2D eigenvalue weighted by atomic mass is 9.85. The number of hydrogen-bond donors (Lipinski definition) is 1. The van der Waals surface area contributed by atoms with Crippen LogP contribution in [0.15, 0.2) is 83.5 Å². The first-order valence-electron chi connectivity index (χ1n) is 8.89. The lowest BCUT2D eigenvalue weighted by Gasteiger charge is -2.22. The molecule has 2 aromatic rings. The topological polar surface area (TPSA) is 41.5 Å². The van der Waals surface area contributed by atoms with E-state index in [2.05, 4.69) is 35.3 Å². The molecule has 0 unspecified atom stereocenters. The Labute approximate surface area is 155 Å². The predicted octanol–water partition coefficient (Wildman–Crippen LogP) is 5.37. The van der Waals surface area contributed by atoms with Gasteiger partial charge in [-0.2, -0.15) is 5.10 Å². The van der Waals surface area contributed by atoms with Gasteiger partial charge in [0.2, 0.25) is 0 Å². The Balaban J connectivity index is 1.69. The molecule has 0 fully saturated rings. The highest BCUT2D eigenvalue weighted by molar-refractivity contribution is 6.02. The summed E-state index contributed by atoms with van der Waals surface area (Å²) in [4.78, 5) is 12.4. The van der Waals surface area contributed by atoms with Crippen LogP contribution in [-0.4, -0.2) is 11.6 Å². The minimum atomic E-state index is -0.192. The van der Waals surface area contributed by atoms with Gasteiger partial charge in [-0.15, -0.1) is 0 Å². The molecule has 0 saturated carbocycles. The van der Waals surface area contributed by atoms with Gasteiger partial charge in [0.05, 0.1) is 5.71 Å². The molecular formula is C23H24N2O. The Morgan fingerprint density at radius 3 is 2.38 bits per heavy atom. The third-order valence-electron chi connectivity index (χ3n) is 4.85. The van der Waals surface area contributed by atoms with Crippen molar-refractivity contribution >= 4 is 11.6 Å². The van der Waals surface area contributed by atoms with E-state index >= 15 is 0 Å². The van der Waals surface area contributed by atoms with Crippen molar-refractivity contribution < 1.29 is 4.79 Å². The van der Waals surface area contributed by atoms with Gasteiger partial charge in [0.1, 0.15) is 0 Å². The number of nitrogens with one attached hydrogen (secondary N) is 1. The minimum absolute atomic E-state index is 0.192. The van der Waals surface area contributed by atoms with Gasteiger partial charge in [-0.1, -0.05) is 60.7 Å². The summed E-state index contributed by atoms with van der Waals surface area (Å²) >= 11 is 0. The van der Waals surface area contributed by atoms with Gasteiger partial charge in [0.15, 0.2) is 0 Å². The molecule has 1 N–H and O–H groups in total. The third-order valence-corrected chi connectivity index (χ3v) is 4.85. The van der Waals surface area contributed by atoms with Gasteiger partial charge in [0.25, 0.3) is 5.91 Å². The summed E-state index contributed by atoms with van der Waals surface area (Å²) in [6.45, 7) is 8.12. The number of benzene rings is 2. The average molecular weight is 344 g/mol. The summed E-state index contributed by atoms with van der Waals surface area (Å²) < 4.78 is 0. The number of amides is 1. The van der Waals surface area contributed by atoms with Crippen LogP contribution in [0.2, 0.25) is 0 Å². The van der Waals surface area contributed by atoms with E-state index in [0.29, 0.717) is 11.5 Å². The zero-order chi connectivity index (χ0) is 18.5. The van der Waals surface area contributed by atoms with E-state index in [1.807, 2.05) is 56.3 Å². The van der Waals surface area contributed by atoms with Crippen LogP contribution in [0.25, 0.3) is 11.1 Å². The smallest absolute Gasteiger partial charge is 0.267 e. The highest BCUT2D eigenvalue weighted by atomic mass is 16.2. The fraction of sp³-hybridized carbons (Fsp3) is 0.217. The van der Waals surface area contributed by atoms with Crippen molar-refractivity contribution in [2.75, 3.05) is 0 Å². The number of nitrogens with zero attached hydrogens (tertiary/aromatic N) is 1. The molecule has 0 bridgehead atoms. The molecule has 1 aliphatic carbocycles. The highest BCUT2D eigenvalue weighted by Crippen LogP contribution is 2.26. The van der Waals surface area contributed by atoms with E-state index in [4.69, 9.17) is 0 Å². The third kappa shape index (κ3) is 4.17. The molecule has 132 valence electrons. The molecular weight excluding hydrogens is 320 g/mol.